The van der Waals surface area contributed by atoms with Gasteiger partial charge < -0.3 is 10.7 Å². The first-order valence-electron chi connectivity index (χ1n) is 4.47. The fourth-order valence-electron chi connectivity index (χ4n) is 1.06. The normalized spacial score (nSPS) is 10.2. The summed E-state index contributed by atoms with van der Waals surface area (Å²) in [7, 11) is 0. The van der Waals surface area contributed by atoms with E-state index in [1.54, 1.807) is 6.07 Å². The Labute approximate surface area is 88.0 Å². The predicted octanol–water partition coefficient (Wildman–Crippen LogP) is 0.568. The van der Waals surface area contributed by atoms with Gasteiger partial charge in [0.05, 0.1) is 0 Å². The van der Waals surface area contributed by atoms with Crippen LogP contribution >= 0.6 is 11.6 Å². The Bertz CT molecular complexity index is 291. The van der Waals surface area contributed by atoms with Gasteiger partial charge in [0.25, 0.3) is 0 Å². The van der Waals surface area contributed by atoms with Gasteiger partial charge in [-0.15, -0.1) is 10.2 Å². The third-order valence-corrected chi connectivity index (χ3v) is 2.11. The Morgan fingerprint density at radius 1 is 1.50 bits per heavy atom. The van der Waals surface area contributed by atoms with Gasteiger partial charge in [-0.05, 0) is 31.1 Å². The SMILES string of the molecule is CCNCCc1cc(NN)nnc1Cl. The van der Waals surface area contributed by atoms with Crippen LogP contribution in [-0.4, -0.2) is 23.3 Å². The molecule has 0 aromatic carbocycles. The summed E-state index contributed by atoms with van der Waals surface area (Å²) in [6.45, 7) is 3.86. The Balaban J connectivity index is 2.64. The second kappa shape index (κ2) is 5.74. The van der Waals surface area contributed by atoms with E-state index in [2.05, 4.69) is 27.9 Å². The predicted molar refractivity (Wildman–Crippen MR) is 57.1 cm³/mol. The average Bonchev–Trinajstić information content (AvgIpc) is 2.21. The summed E-state index contributed by atoms with van der Waals surface area (Å²) in [5.74, 6) is 5.74. The molecule has 0 saturated carbocycles. The maximum atomic E-state index is 5.86. The van der Waals surface area contributed by atoms with Gasteiger partial charge in [0.1, 0.15) is 0 Å². The molecule has 0 aliphatic heterocycles. The molecule has 0 aliphatic carbocycles. The molecule has 5 nitrogen and oxygen atoms in total. The van der Waals surface area contributed by atoms with Crippen molar-refractivity contribution in [3.8, 4) is 0 Å². The standard InChI is InChI=1S/C8H14ClN5/c1-2-11-4-3-6-5-7(12-10)13-14-8(6)9/h5,11H,2-4,10H2,1H3,(H,12,13). The van der Waals surface area contributed by atoms with Crippen LogP contribution in [0.4, 0.5) is 5.82 Å². The van der Waals surface area contributed by atoms with Gasteiger partial charge in [0.2, 0.25) is 0 Å². The molecule has 0 spiro atoms. The number of hydrazine groups is 1. The molecular formula is C8H14ClN5. The number of nitrogens with one attached hydrogen (secondary N) is 2. The molecule has 6 heteroatoms. The molecule has 0 amide bonds. The minimum Gasteiger partial charge on any atom is -0.317 e. The summed E-state index contributed by atoms with van der Waals surface area (Å²) in [5.41, 5.74) is 3.37. The highest BCUT2D eigenvalue weighted by molar-refractivity contribution is 6.30. The highest BCUT2D eigenvalue weighted by atomic mass is 35.5. The first-order valence-corrected chi connectivity index (χ1v) is 4.85. The molecule has 0 bridgehead atoms. The lowest BCUT2D eigenvalue weighted by Crippen LogP contribution is -2.17. The third kappa shape index (κ3) is 3.10. The maximum absolute atomic E-state index is 5.86. The van der Waals surface area contributed by atoms with E-state index in [0.29, 0.717) is 11.0 Å². The largest absolute Gasteiger partial charge is 0.317 e. The van der Waals surface area contributed by atoms with Crippen LogP contribution in [0.1, 0.15) is 12.5 Å². The summed E-state index contributed by atoms with van der Waals surface area (Å²) in [6.07, 6.45) is 0.816. The second-order valence-electron chi connectivity index (χ2n) is 2.79. The Morgan fingerprint density at radius 3 is 2.93 bits per heavy atom. The van der Waals surface area contributed by atoms with Crippen molar-refractivity contribution in [2.45, 2.75) is 13.3 Å². The summed E-state index contributed by atoms with van der Waals surface area (Å²) >= 11 is 5.86. The summed E-state index contributed by atoms with van der Waals surface area (Å²) < 4.78 is 0. The Morgan fingerprint density at radius 2 is 2.29 bits per heavy atom. The number of aromatic nitrogens is 2. The van der Waals surface area contributed by atoms with Gasteiger partial charge >= 0.3 is 0 Å². The summed E-state index contributed by atoms with van der Waals surface area (Å²) in [4.78, 5) is 0. The van der Waals surface area contributed by atoms with Crippen molar-refractivity contribution >= 4 is 17.4 Å². The molecule has 78 valence electrons. The molecule has 1 aromatic rings. The smallest absolute Gasteiger partial charge is 0.162 e. The number of nitrogens with zero attached hydrogens (tertiary/aromatic N) is 2. The number of hydrogen-bond acceptors (Lipinski definition) is 5. The van der Waals surface area contributed by atoms with Crippen molar-refractivity contribution in [2.24, 2.45) is 5.84 Å². The zero-order valence-electron chi connectivity index (χ0n) is 8.05. The fourth-order valence-corrected chi connectivity index (χ4v) is 1.25. The van der Waals surface area contributed by atoms with Crippen LogP contribution in [-0.2, 0) is 6.42 Å². The Kier molecular flexibility index (Phi) is 4.58. The number of halogens is 1. The number of anilines is 1. The molecule has 0 saturated heterocycles. The van der Waals surface area contributed by atoms with Crippen molar-refractivity contribution in [1.29, 1.82) is 0 Å². The minimum atomic E-state index is 0.432. The first-order chi connectivity index (χ1) is 6.77. The molecule has 4 N–H and O–H groups in total. The lowest BCUT2D eigenvalue weighted by atomic mass is 10.2. The monoisotopic (exact) mass is 215 g/mol. The molecule has 1 aromatic heterocycles. The van der Waals surface area contributed by atoms with E-state index in [9.17, 15) is 0 Å². The highest BCUT2D eigenvalue weighted by Crippen LogP contribution is 2.14. The zero-order valence-corrected chi connectivity index (χ0v) is 8.80. The van der Waals surface area contributed by atoms with Crippen molar-refractivity contribution in [3.63, 3.8) is 0 Å². The van der Waals surface area contributed by atoms with Crippen LogP contribution in [0.25, 0.3) is 0 Å². The van der Waals surface area contributed by atoms with Gasteiger partial charge in [-0.1, -0.05) is 18.5 Å². The molecule has 0 unspecified atom stereocenters. The molecule has 1 heterocycles. The van der Waals surface area contributed by atoms with Gasteiger partial charge in [0.15, 0.2) is 11.0 Å². The van der Waals surface area contributed by atoms with E-state index in [0.717, 1.165) is 25.1 Å². The fraction of sp³-hybridized carbons (Fsp3) is 0.500. The van der Waals surface area contributed by atoms with Crippen LogP contribution < -0.4 is 16.6 Å². The van der Waals surface area contributed by atoms with Crippen LogP contribution in [0.3, 0.4) is 0 Å². The second-order valence-corrected chi connectivity index (χ2v) is 3.15. The molecule has 0 radical (unpaired) electrons. The number of nitrogen functional groups attached to an aromatic ring is 1. The number of nitrogens with two attached hydrogens (primary N) is 1. The van der Waals surface area contributed by atoms with E-state index in [1.807, 2.05) is 0 Å². The lowest BCUT2D eigenvalue weighted by molar-refractivity contribution is 0.714. The number of likely N-dealkylation sites (N-methyl/N-ethyl adjacent to an activating group) is 1. The van der Waals surface area contributed by atoms with Crippen molar-refractivity contribution < 1.29 is 0 Å². The number of rotatable bonds is 5. The van der Waals surface area contributed by atoms with Crippen LogP contribution in [0.5, 0.6) is 0 Å². The van der Waals surface area contributed by atoms with Crippen molar-refractivity contribution in [1.82, 2.24) is 15.5 Å². The molecule has 0 atom stereocenters. The lowest BCUT2D eigenvalue weighted by Gasteiger charge is -2.05. The van der Waals surface area contributed by atoms with E-state index >= 15 is 0 Å². The minimum absolute atomic E-state index is 0.432. The Hall–Kier alpha value is -0.910. The number of hydrogen-bond donors (Lipinski definition) is 3. The maximum Gasteiger partial charge on any atom is 0.162 e. The molecular weight excluding hydrogens is 202 g/mol. The van der Waals surface area contributed by atoms with Gasteiger partial charge in [-0.25, -0.2) is 5.84 Å². The highest BCUT2D eigenvalue weighted by Gasteiger charge is 2.03. The van der Waals surface area contributed by atoms with Crippen LogP contribution in [0.15, 0.2) is 6.07 Å². The van der Waals surface area contributed by atoms with E-state index in [-0.39, 0.29) is 0 Å². The molecule has 1 rings (SSSR count). The quantitative estimate of drug-likeness (QED) is 0.380. The van der Waals surface area contributed by atoms with Crippen LogP contribution in [0, 0.1) is 0 Å². The zero-order chi connectivity index (χ0) is 10.4. The molecule has 0 aliphatic rings. The molecule has 0 fully saturated rings. The average molecular weight is 216 g/mol. The van der Waals surface area contributed by atoms with E-state index < -0.39 is 0 Å². The topological polar surface area (TPSA) is 75.9 Å². The first kappa shape index (κ1) is 11.2. The summed E-state index contributed by atoms with van der Waals surface area (Å²) in [6, 6.07) is 1.80. The van der Waals surface area contributed by atoms with Crippen molar-refractivity contribution in [3.05, 3.63) is 16.8 Å². The third-order valence-electron chi connectivity index (χ3n) is 1.79. The van der Waals surface area contributed by atoms with E-state index in [1.165, 1.54) is 0 Å². The van der Waals surface area contributed by atoms with Gasteiger partial charge in [0, 0.05) is 0 Å². The van der Waals surface area contributed by atoms with E-state index in [4.69, 9.17) is 17.4 Å². The van der Waals surface area contributed by atoms with Gasteiger partial charge in [-0.3, -0.25) is 0 Å². The molecule has 14 heavy (non-hydrogen) atoms. The van der Waals surface area contributed by atoms with Gasteiger partial charge in [-0.2, -0.15) is 0 Å². The van der Waals surface area contributed by atoms with Crippen LogP contribution in [0.2, 0.25) is 5.15 Å². The summed E-state index contributed by atoms with van der Waals surface area (Å²) in [5, 5.41) is 11.2. The van der Waals surface area contributed by atoms with Crippen molar-refractivity contribution in [2.75, 3.05) is 18.5 Å².